The van der Waals surface area contributed by atoms with Crippen LogP contribution in [0.3, 0.4) is 0 Å². The first-order valence-electron chi connectivity index (χ1n) is 18.4. The van der Waals surface area contributed by atoms with Gasteiger partial charge in [-0.15, -0.1) is 0 Å². The highest BCUT2D eigenvalue weighted by molar-refractivity contribution is 8.76. The lowest BCUT2D eigenvalue weighted by atomic mass is 9.96. The molecule has 1 aromatic carbocycles. The number of ether oxygens (including phenoxy) is 3. The predicted octanol–water partition coefficient (Wildman–Crippen LogP) is 3.55. The molecule has 10 N–H and O–H groups in total. The fraction of sp³-hybridized carbons (Fsp3) is 0.615. The Bertz CT molecular complexity index is 2440. The highest BCUT2D eigenvalue weighted by atomic mass is 33.1. The average molecular weight is 1150 g/mol. The normalized spacial score (nSPS) is 25.5. The summed E-state index contributed by atoms with van der Waals surface area (Å²) in [5, 5.41) is 3.06. The Balaban J connectivity index is 0.000000363. The van der Waals surface area contributed by atoms with Crippen LogP contribution in [0.4, 0.5) is 10.5 Å². The standard InChI is InChI=1S/C16H19BNO15P3.C10H23BO15P4S2/c1-8-4-15(19)30-11-5-9(2-3-10(8)11)18-16(20)31-12-6-14(17)29-13(12)7-28-35(24,25)33-36(26,27)32-34(21,22)23;1-2-4-31-32-5-3-21-28(15,16)24-8-6-10(11)23-9(8)7-22-29(17,18)26-30(19,20)25-27(12,13)14/h2-5,12-14H,6-7H2,1H3,(H,18,20)(H,24,25)(H,26,27)(H2,21,22,23);8-10H,2-7H2,1H3,(H,15,16)(H,17,18)(H,19,20)(H2,12,13,14). The highest BCUT2D eigenvalue weighted by Crippen LogP contribution is 2.67. The van der Waals surface area contributed by atoms with Crippen molar-refractivity contribution in [2.24, 2.45) is 0 Å². The second-order valence-electron chi connectivity index (χ2n) is 13.3. The van der Waals surface area contributed by atoms with Gasteiger partial charge in [-0.25, -0.2) is 41.5 Å². The molecular weight excluding hydrogens is 1110 g/mol. The van der Waals surface area contributed by atoms with E-state index in [0.29, 0.717) is 16.7 Å². The van der Waals surface area contributed by atoms with Crippen molar-refractivity contribution < 1.29 is 135 Å². The maximum absolute atomic E-state index is 12.4. The predicted molar refractivity (Wildman–Crippen MR) is 235 cm³/mol. The maximum atomic E-state index is 12.4. The van der Waals surface area contributed by atoms with Gasteiger partial charge in [0, 0.05) is 53.1 Å². The van der Waals surface area contributed by atoms with Crippen LogP contribution >= 0.6 is 76.3 Å². The number of amides is 1. The molecule has 2 fully saturated rings. The summed E-state index contributed by atoms with van der Waals surface area (Å²) in [6, 6.07) is 3.87. The van der Waals surface area contributed by atoms with Crippen molar-refractivity contribution >= 4 is 115 Å². The van der Waals surface area contributed by atoms with Gasteiger partial charge in [0.05, 0.1) is 25.9 Å². The third-order valence-corrected chi connectivity index (χ3v) is 18.8. The smallest absolute Gasteiger partial charge is 0.443 e. The average Bonchev–Trinajstić information content (AvgIpc) is 3.66. The quantitative estimate of drug-likeness (QED) is 0.0223. The van der Waals surface area contributed by atoms with E-state index in [1.165, 1.54) is 29.0 Å². The molecule has 2 aromatic rings. The molecule has 0 bridgehead atoms. The first kappa shape index (κ1) is 61.7. The Morgan fingerprint density at radius 2 is 1.21 bits per heavy atom. The summed E-state index contributed by atoms with van der Waals surface area (Å²) >= 11 is 0. The van der Waals surface area contributed by atoms with Crippen LogP contribution in [0, 0.1) is 6.92 Å². The lowest BCUT2D eigenvalue weighted by molar-refractivity contribution is -0.00866. The summed E-state index contributed by atoms with van der Waals surface area (Å²) in [6.07, 6.45) is -5.09. The van der Waals surface area contributed by atoms with Crippen molar-refractivity contribution in [3.05, 3.63) is 40.2 Å². The molecule has 3 heterocycles. The van der Waals surface area contributed by atoms with Crippen molar-refractivity contribution in [1.29, 1.82) is 0 Å². The molecule has 0 aliphatic carbocycles. The van der Waals surface area contributed by atoms with Crippen LogP contribution in [0.5, 0.6) is 0 Å². The minimum Gasteiger partial charge on any atom is -0.443 e. The zero-order valence-corrected chi connectivity index (χ0v) is 42.5. The molecular formula is C26H42B2NO30P7S2. The zero-order chi connectivity index (χ0) is 51.5. The minimum atomic E-state index is -5.70. The minimum absolute atomic E-state index is 0.0658. The van der Waals surface area contributed by atoms with Gasteiger partial charge in [0.15, 0.2) is 0 Å². The topological polar surface area (TPSA) is 462 Å². The summed E-state index contributed by atoms with van der Waals surface area (Å²) in [7, 11) is -23.6. The monoisotopic (exact) mass is 1150 g/mol. The van der Waals surface area contributed by atoms with Crippen molar-refractivity contribution in [1.82, 2.24) is 0 Å². The number of carbonyl (C=O) groups is 1. The van der Waals surface area contributed by atoms with E-state index in [4.69, 9.17) is 67.8 Å². The van der Waals surface area contributed by atoms with Gasteiger partial charge in [-0.05, 0) is 37.5 Å². The van der Waals surface area contributed by atoms with Gasteiger partial charge in [0.1, 0.15) is 39.6 Å². The number of phosphoric acid groups is 7. The van der Waals surface area contributed by atoms with Gasteiger partial charge in [-0.1, -0.05) is 28.5 Å². The lowest BCUT2D eigenvalue weighted by Gasteiger charge is -2.22. The summed E-state index contributed by atoms with van der Waals surface area (Å²) in [4.78, 5) is 105. The molecule has 4 radical (unpaired) electrons. The summed E-state index contributed by atoms with van der Waals surface area (Å²) < 4.78 is 134. The maximum Gasteiger partial charge on any atom is 0.490 e. The molecule has 1 amide bonds. The number of phosphoric ester groups is 3. The van der Waals surface area contributed by atoms with E-state index in [2.05, 4.69) is 31.6 Å². The molecule has 68 heavy (non-hydrogen) atoms. The molecule has 4 rings (SSSR count). The fourth-order valence-electron chi connectivity index (χ4n) is 5.24. The van der Waals surface area contributed by atoms with Gasteiger partial charge in [-0.3, -0.25) is 23.4 Å². The third kappa shape index (κ3) is 23.9. The molecule has 42 heteroatoms. The van der Waals surface area contributed by atoms with E-state index >= 15 is 0 Å². The Morgan fingerprint density at radius 1 is 0.706 bits per heavy atom. The lowest BCUT2D eigenvalue weighted by Crippen LogP contribution is -2.32. The van der Waals surface area contributed by atoms with Crippen LogP contribution in [0.2, 0.25) is 0 Å². The van der Waals surface area contributed by atoms with Crippen molar-refractivity contribution in [2.75, 3.05) is 36.6 Å². The molecule has 2 aliphatic rings. The van der Waals surface area contributed by atoms with Crippen LogP contribution in [0.1, 0.15) is 31.7 Å². The number of hydrogen-bond donors (Lipinski definition) is 10. The SMILES string of the molecule is [B]C1CC(OC(=O)Nc2ccc3c(C)cc(=O)oc3c2)C(COP(=O)(O)OP(=O)(O)OP(=O)(O)O)O1.[B]C1CC(OP(=O)(O)OCCSSCCC)C(COP(=O)(O)OP(=O)(O)OP(=O)(O)O)O1. The number of aryl methyl sites for hydroxylation is 1. The Morgan fingerprint density at radius 3 is 1.72 bits per heavy atom. The molecule has 2 aliphatic heterocycles. The van der Waals surface area contributed by atoms with Crippen LogP contribution in [-0.4, -0.2) is 134 Å². The molecule has 0 spiro atoms. The van der Waals surface area contributed by atoms with Crippen molar-refractivity contribution in [3.8, 4) is 0 Å². The van der Waals surface area contributed by atoms with Crippen LogP contribution < -0.4 is 10.9 Å². The van der Waals surface area contributed by atoms with Gasteiger partial charge in [0.2, 0.25) is 0 Å². The van der Waals surface area contributed by atoms with E-state index in [1.807, 2.05) is 6.92 Å². The molecule has 0 saturated carbocycles. The van der Waals surface area contributed by atoms with Crippen molar-refractivity contribution in [3.63, 3.8) is 0 Å². The van der Waals surface area contributed by atoms with Gasteiger partial charge in [0.25, 0.3) is 0 Å². The Labute approximate surface area is 394 Å². The number of anilines is 1. The van der Waals surface area contributed by atoms with E-state index in [9.17, 15) is 61.1 Å². The first-order valence-corrected chi connectivity index (χ1v) is 31.4. The Hall–Kier alpha value is -0.620. The molecule has 11 atom stereocenters. The Kier molecular flexibility index (Phi) is 23.6. The van der Waals surface area contributed by atoms with Gasteiger partial charge < -0.3 is 62.7 Å². The largest absolute Gasteiger partial charge is 0.490 e. The highest BCUT2D eigenvalue weighted by Gasteiger charge is 2.45. The molecule has 2 saturated heterocycles. The number of fused-ring (bicyclic) bond motifs is 1. The van der Waals surface area contributed by atoms with Crippen LogP contribution in [0.15, 0.2) is 33.5 Å². The van der Waals surface area contributed by atoms with E-state index in [0.717, 1.165) is 12.2 Å². The number of carbonyl (C=O) groups excluding carboxylic acids is 1. The number of benzene rings is 1. The summed E-state index contributed by atoms with van der Waals surface area (Å²) in [5.74, 6) is 1.32. The first-order chi connectivity index (χ1) is 31.1. The second-order valence-corrected chi connectivity index (χ2v) is 26.2. The molecule has 1 aromatic heterocycles. The van der Waals surface area contributed by atoms with Crippen LogP contribution in [0.25, 0.3) is 11.0 Å². The zero-order valence-electron chi connectivity index (χ0n) is 34.6. The third-order valence-electron chi connectivity index (χ3n) is 7.61. The van der Waals surface area contributed by atoms with Gasteiger partial charge >= 0.3 is 66.5 Å². The van der Waals surface area contributed by atoms with E-state index in [-0.39, 0.29) is 30.7 Å². The molecule has 11 unspecified atom stereocenters. The second kappa shape index (κ2) is 26.0. The fourth-order valence-corrected chi connectivity index (χ4v) is 14.3. The van der Waals surface area contributed by atoms with E-state index < -0.39 is 116 Å². The van der Waals surface area contributed by atoms with Crippen LogP contribution in [-0.2, 0) is 81.5 Å². The van der Waals surface area contributed by atoms with Gasteiger partial charge in [-0.2, -0.15) is 17.2 Å². The summed E-state index contributed by atoms with van der Waals surface area (Å²) in [5.41, 5.74) is 0.536. The molecule has 384 valence electrons. The number of rotatable bonds is 25. The number of nitrogens with one attached hydrogen (secondary N) is 1. The summed E-state index contributed by atoms with van der Waals surface area (Å²) in [6.45, 7) is 1.89. The number of hydrogen-bond acceptors (Lipinski definition) is 23. The molecule has 31 nitrogen and oxygen atoms in total. The van der Waals surface area contributed by atoms with E-state index in [1.54, 1.807) is 23.8 Å². The van der Waals surface area contributed by atoms with Crippen molar-refractivity contribution in [2.45, 2.75) is 69.5 Å².